The van der Waals surface area contributed by atoms with Crippen molar-refractivity contribution >= 4 is 21.7 Å². The number of carboxylic acids is 1. The Morgan fingerprint density at radius 3 is 2.56 bits per heavy atom. The van der Waals surface area contributed by atoms with Gasteiger partial charge in [0.15, 0.2) is 9.84 Å². The molecule has 0 aromatic carbocycles. The molecule has 92 valence electrons. The van der Waals surface area contributed by atoms with Gasteiger partial charge in [0.2, 0.25) is 5.91 Å². The van der Waals surface area contributed by atoms with E-state index >= 15 is 0 Å². The third-order valence-corrected chi connectivity index (χ3v) is 4.12. The summed E-state index contributed by atoms with van der Waals surface area (Å²) in [6, 6.07) is -0.663. The van der Waals surface area contributed by atoms with Gasteiger partial charge in [-0.3, -0.25) is 14.5 Å². The van der Waals surface area contributed by atoms with Gasteiger partial charge in [-0.2, -0.15) is 0 Å². The topological polar surface area (TPSA) is 118 Å². The maximum absolute atomic E-state index is 11.3. The number of primary amides is 1. The quantitative estimate of drug-likeness (QED) is 0.598. The molecule has 1 aliphatic heterocycles. The highest BCUT2D eigenvalue weighted by atomic mass is 32.2. The first-order valence-electron chi connectivity index (χ1n) is 4.75. The number of carboxylic acid groups (broad SMARTS) is 1. The van der Waals surface area contributed by atoms with Crippen LogP contribution in [0.5, 0.6) is 0 Å². The molecule has 7 nitrogen and oxygen atoms in total. The lowest BCUT2D eigenvalue weighted by molar-refractivity contribution is -0.138. The Kier molecular flexibility index (Phi) is 3.87. The second kappa shape index (κ2) is 4.79. The van der Waals surface area contributed by atoms with Crippen LogP contribution < -0.4 is 5.73 Å². The Morgan fingerprint density at radius 1 is 1.44 bits per heavy atom. The lowest BCUT2D eigenvalue weighted by Crippen LogP contribution is -2.51. The molecule has 1 amide bonds. The van der Waals surface area contributed by atoms with E-state index in [-0.39, 0.29) is 31.0 Å². The zero-order valence-electron chi connectivity index (χ0n) is 8.63. The molecular weight excluding hydrogens is 236 g/mol. The first-order valence-corrected chi connectivity index (χ1v) is 6.57. The molecule has 0 aromatic rings. The zero-order chi connectivity index (χ0) is 12.3. The molecule has 1 rings (SSSR count). The lowest BCUT2D eigenvalue weighted by Gasteiger charge is -2.33. The van der Waals surface area contributed by atoms with E-state index in [0.29, 0.717) is 0 Å². The van der Waals surface area contributed by atoms with Gasteiger partial charge in [-0.1, -0.05) is 0 Å². The molecule has 0 radical (unpaired) electrons. The van der Waals surface area contributed by atoms with Crippen LogP contribution in [0.3, 0.4) is 0 Å². The van der Waals surface area contributed by atoms with Crippen molar-refractivity contribution < 1.29 is 23.1 Å². The average Bonchev–Trinajstić information content (AvgIpc) is 2.07. The standard InChI is InChI=1S/C8H14N2O5S/c9-7(11)4-10-1-2-16(14,15)5-6(10)3-8(12)13/h6H,1-5H2,(H2,9,11)(H,12,13). The van der Waals surface area contributed by atoms with Crippen molar-refractivity contribution in [3.63, 3.8) is 0 Å². The fraction of sp³-hybridized carbons (Fsp3) is 0.750. The zero-order valence-corrected chi connectivity index (χ0v) is 9.44. The predicted octanol–water partition coefficient (Wildman–Crippen LogP) is -1.95. The van der Waals surface area contributed by atoms with Gasteiger partial charge < -0.3 is 10.8 Å². The summed E-state index contributed by atoms with van der Waals surface area (Å²) < 4.78 is 22.7. The minimum Gasteiger partial charge on any atom is -0.481 e. The highest BCUT2D eigenvalue weighted by molar-refractivity contribution is 7.91. The molecule has 1 heterocycles. The van der Waals surface area contributed by atoms with Crippen molar-refractivity contribution in [3.8, 4) is 0 Å². The Hall–Kier alpha value is -1.15. The van der Waals surface area contributed by atoms with Crippen LogP contribution in [-0.2, 0) is 19.4 Å². The maximum Gasteiger partial charge on any atom is 0.304 e. The van der Waals surface area contributed by atoms with E-state index in [1.165, 1.54) is 4.90 Å². The van der Waals surface area contributed by atoms with Gasteiger partial charge in [0.1, 0.15) is 0 Å². The Balaban J connectivity index is 2.75. The van der Waals surface area contributed by atoms with Crippen molar-refractivity contribution in [1.29, 1.82) is 0 Å². The van der Waals surface area contributed by atoms with Gasteiger partial charge >= 0.3 is 5.97 Å². The number of amides is 1. The number of rotatable bonds is 4. The second-order valence-corrected chi connectivity index (χ2v) is 6.03. The van der Waals surface area contributed by atoms with E-state index in [0.717, 1.165) is 0 Å². The summed E-state index contributed by atoms with van der Waals surface area (Å²) >= 11 is 0. The number of hydrogen-bond acceptors (Lipinski definition) is 5. The number of nitrogens with two attached hydrogens (primary N) is 1. The van der Waals surface area contributed by atoms with E-state index in [9.17, 15) is 18.0 Å². The molecule has 8 heteroatoms. The minimum atomic E-state index is -3.20. The summed E-state index contributed by atoms with van der Waals surface area (Å²) in [6.45, 7) is 0.0523. The van der Waals surface area contributed by atoms with E-state index in [2.05, 4.69) is 0 Å². The Bertz CT molecular complexity index is 391. The fourth-order valence-electron chi connectivity index (χ4n) is 1.72. The third-order valence-electron chi connectivity index (χ3n) is 2.42. The predicted molar refractivity (Wildman–Crippen MR) is 55.5 cm³/mol. The first kappa shape index (κ1) is 12.9. The lowest BCUT2D eigenvalue weighted by atomic mass is 10.2. The summed E-state index contributed by atoms with van der Waals surface area (Å²) in [4.78, 5) is 22.8. The number of aliphatic carboxylic acids is 1. The van der Waals surface area contributed by atoms with Gasteiger partial charge in [-0.25, -0.2) is 8.42 Å². The molecule has 1 unspecified atom stereocenters. The Morgan fingerprint density at radius 2 is 2.06 bits per heavy atom. The average molecular weight is 250 g/mol. The monoisotopic (exact) mass is 250 g/mol. The molecule has 1 atom stereocenters. The highest BCUT2D eigenvalue weighted by Crippen LogP contribution is 2.14. The number of sulfone groups is 1. The summed E-state index contributed by atoms with van der Waals surface area (Å²) in [5.74, 6) is -1.96. The van der Waals surface area contributed by atoms with Crippen molar-refractivity contribution in [3.05, 3.63) is 0 Å². The van der Waals surface area contributed by atoms with Crippen molar-refractivity contribution in [2.75, 3.05) is 24.6 Å². The molecule has 0 aromatic heterocycles. The third kappa shape index (κ3) is 3.78. The van der Waals surface area contributed by atoms with Gasteiger partial charge in [0.25, 0.3) is 0 Å². The molecule has 0 bridgehead atoms. The number of hydrogen-bond donors (Lipinski definition) is 2. The first-order chi connectivity index (χ1) is 7.30. The van der Waals surface area contributed by atoms with Crippen LogP contribution in [-0.4, -0.2) is 60.9 Å². The van der Waals surface area contributed by atoms with E-state index in [1.807, 2.05) is 0 Å². The van der Waals surface area contributed by atoms with Crippen LogP contribution in [0, 0.1) is 0 Å². The van der Waals surface area contributed by atoms with Crippen LogP contribution in [0.25, 0.3) is 0 Å². The maximum atomic E-state index is 11.3. The largest absolute Gasteiger partial charge is 0.481 e. The van der Waals surface area contributed by atoms with E-state index in [4.69, 9.17) is 10.8 Å². The SMILES string of the molecule is NC(=O)CN1CCS(=O)(=O)CC1CC(=O)O. The molecular formula is C8H14N2O5S. The molecule has 0 saturated carbocycles. The number of nitrogens with zero attached hydrogens (tertiary/aromatic N) is 1. The summed E-state index contributed by atoms with van der Waals surface area (Å²) in [7, 11) is -3.20. The second-order valence-electron chi connectivity index (χ2n) is 3.80. The van der Waals surface area contributed by atoms with Crippen LogP contribution in [0.15, 0.2) is 0 Å². The van der Waals surface area contributed by atoms with Crippen LogP contribution in [0.1, 0.15) is 6.42 Å². The molecule has 1 aliphatic rings. The number of carbonyl (C=O) groups is 2. The molecule has 1 fully saturated rings. The number of carbonyl (C=O) groups excluding carboxylic acids is 1. The normalized spacial score (nSPS) is 25.1. The van der Waals surface area contributed by atoms with E-state index in [1.54, 1.807) is 0 Å². The fourth-order valence-corrected chi connectivity index (χ4v) is 3.31. The smallest absolute Gasteiger partial charge is 0.304 e. The molecule has 1 saturated heterocycles. The van der Waals surface area contributed by atoms with Gasteiger partial charge in [-0.05, 0) is 0 Å². The van der Waals surface area contributed by atoms with Gasteiger partial charge in [0.05, 0.1) is 24.5 Å². The van der Waals surface area contributed by atoms with E-state index < -0.39 is 27.8 Å². The van der Waals surface area contributed by atoms with Crippen LogP contribution >= 0.6 is 0 Å². The van der Waals surface area contributed by atoms with Crippen molar-refractivity contribution in [2.45, 2.75) is 12.5 Å². The van der Waals surface area contributed by atoms with Crippen molar-refractivity contribution in [1.82, 2.24) is 4.90 Å². The van der Waals surface area contributed by atoms with Crippen LogP contribution in [0.2, 0.25) is 0 Å². The van der Waals surface area contributed by atoms with Gasteiger partial charge in [0, 0.05) is 12.6 Å². The molecule has 3 N–H and O–H groups in total. The van der Waals surface area contributed by atoms with Gasteiger partial charge in [-0.15, -0.1) is 0 Å². The summed E-state index contributed by atoms with van der Waals surface area (Å²) in [5.41, 5.74) is 5.01. The molecule has 0 spiro atoms. The summed E-state index contributed by atoms with van der Waals surface area (Å²) in [6.07, 6.45) is -0.299. The molecule has 16 heavy (non-hydrogen) atoms. The highest BCUT2D eigenvalue weighted by Gasteiger charge is 2.33. The molecule has 0 aliphatic carbocycles. The Labute approximate surface area is 93.1 Å². The van der Waals surface area contributed by atoms with Crippen LogP contribution in [0.4, 0.5) is 0 Å². The van der Waals surface area contributed by atoms with Crippen molar-refractivity contribution in [2.24, 2.45) is 5.73 Å². The minimum absolute atomic E-state index is 0.0591. The summed E-state index contributed by atoms with van der Waals surface area (Å²) in [5, 5.41) is 8.65.